The summed E-state index contributed by atoms with van der Waals surface area (Å²) < 4.78 is 25.9. The maximum absolute atomic E-state index is 11.8. The smallest absolute Gasteiger partial charge is 0.337 e. The van der Waals surface area contributed by atoms with Crippen LogP contribution in [0.1, 0.15) is 15.9 Å². The summed E-state index contributed by atoms with van der Waals surface area (Å²) in [5, 5.41) is 9.75. The summed E-state index contributed by atoms with van der Waals surface area (Å²) in [6, 6.07) is 11.5. The van der Waals surface area contributed by atoms with E-state index in [0.29, 0.717) is 0 Å². The van der Waals surface area contributed by atoms with Gasteiger partial charge in [0.25, 0.3) is 10.0 Å². The average molecular weight is 304 g/mol. The van der Waals surface area contributed by atoms with Gasteiger partial charge in [0.15, 0.2) is 0 Å². The van der Waals surface area contributed by atoms with E-state index in [2.05, 4.69) is 9.71 Å². The van der Waals surface area contributed by atoms with E-state index in [1.54, 1.807) is 24.3 Å². The number of nitrogens with zero attached hydrogens (tertiary/aromatic N) is 1. The van der Waals surface area contributed by atoms with Gasteiger partial charge in [-0.2, -0.15) is 0 Å². The lowest BCUT2D eigenvalue weighted by molar-refractivity contribution is 0.0696. The van der Waals surface area contributed by atoms with Crippen molar-refractivity contribution in [2.45, 2.75) is 0 Å². The molecule has 2 aromatic rings. The van der Waals surface area contributed by atoms with Crippen LogP contribution in [-0.2, 0) is 10.0 Å². The number of sulfonamides is 1. The van der Waals surface area contributed by atoms with Gasteiger partial charge in [-0.1, -0.05) is 30.3 Å². The summed E-state index contributed by atoms with van der Waals surface area (Å²) >= 11 is 0. The minimum absolute atomic E-state index is 0.0159. The zero-order chi connectivity index (χ0) is 15.3. The van der Waals surface area contributed by atoms with Gasteiger partial charge in [-0.25, -0.2) is 18.2 Å². The predicted octanol–water partition coefficient (Wildman–Crippen LogP) is 2.19. The van der Waals surface area contributed by atoms with Crippen molar-refractivity contribution >= 4 is 27.9 Å². The molecular formula is C14H12N2O4S. The molecular weight excluding hydrogens is 292 g/mol. The Kier molecular flexibility index (Phi) is 4.34. The predicted molar refractivity (Wildman–Crippen MR) is 79.2 cm³/mol. The fourth-order valence-electron chi connectivity index (χ4n) is 1.49. The molecule has 0 spiro atoms. The molecule has 2 rings (SSSR count). The maximum atomic E-state index is 11.8. The molecule has 0 aliphatic heterocycles. The standard InChI is InChI=1S/C14H12N2O4S/c17-14(18)12-6-7-13(15-10-12)16-21(19,20)9-8-11-4-2-1-3-5-11/h1-10H,(H,15,16)(H,17,18)/b9-8+. The van der Waals surface area contributed by atoms with Crippen molar-refractivity contribution in [3.63, 3.8) is 0 Å². The van der Waals surface area contributed by atoms with Crippen molar-refractivity contribution in [2.24, 2.45) is 0 Å². The van der Waals surface area contributed by atoms with Crippen molar-refractivity contribution in [1.82, 2.24) is 4.98 Å². The molecule has 0 unspecified atom stereocenters. The van der Waals surface area contributed by atoms with Crippen LogP contribution < -0.4 is 4.72 Å². The second-order valence-corrected chi connectivity index (χ2v) is 5.66. The van der Waals surface area contributed by atoms with Crippen LogP contribution in [0.3, 0.4) is 0 Å². The molecule has 0 fully saturated rings. The number of anilines is 1. The van der Waals surface area contributed by atoms with Crippen molar-refractivity contribution < 1.29 is 18.3 Å². The van der Waals surface area contributed by atoms with Crippen LogP contribution in [0.15, 0.2) is 54.1 Å². The molecule has 21 heavy (non-hydrogen) atoms. The number of nitrogens with one attached hydrogen (secondary N) is 1. The van der Waals surface area contributed by atoms with Crippen LogP contribution in [0, 0.1) is 0 Å². The first-order valence-electron chi connectivity index (χ1n) is 5.91. The minimum Gasteiger partial charge on any atom is -0.478 e. The Morgan fingerprint density at radius 3 is 2.43 bits per heavy atom. The number of carboxylic acids is 1. The third-order valence-corrected chi connectivity index (χ3v) is 3.48. The Balaban J connectivity index is 2.10. The zero-order valence-corrected chi connectivity index (χ0v) is 11.6. The molecule has 0 aliphatic carbocycles. The molecule has 0 atom stereocenters. The van der Waals surface area contributed by atoms with Gasteiger partial charge in [0.2, 0.25) is 0 Å². The molecule has 0 saturated carbocycles. The lowest BCUT2D eigenvalue weighted by Gasteiger charge is -2.03. The van der Waals surface area contributed by atoms with Crippen LogP contribution in [0.2, 0.25) is 0 Å². The summed E-state index contributed by atoms with van der Waals surface area (Å²) in [5.41, 5.74) is 0.731. The molecule has 0 amide bonds. The average Bonchev–Trinajstić information content (AvgIpc) is 2.46. The normalized spacial score (nSPS) is 11.4. The number of aromatic nitrogens is 1. The van der Waals surface area contributed by atoms with Crippen molar-refractivity contribution in [3.8, 4) is 0 Å². The number of pyridine rings is 1. The van der Waals surface area contributed by atoms with Crippen molar-refractivity contribution in [3.05, 3.63) is 65.2 Å². The van der Waals surface area contributed by atoms with Gasteiger partial charge in [-0.15, -0.1) is 0 Å². The number of aromatic carboxylic acids is 1. The van der Waals surface area contributed by atoms with Crippen LogP contribution >= 0.6 is 0 Å². The molecule has 1 aromatic carbocycles. The second kappa shape index (κ2) is 6.19. The Morgan fingerprint density at radius 1 is 1.14 bits per heavy atom. The molecule has 0 bridgehead atoms. The third kappa shape index (κ3) is 4.43. The topological polar surface area (TPSA) is 96.4 Å². The summed E-state index contributed by atoms with van der Waals surface area (Å²) in [5.74, 6) is -1.07. The fraction of sp³-hybridized carbons (Fsp3) is 0. The summed E-state index contributed by atoms with van der Waals surface area (Å²) in [6.45, 7) is 0. The molecule has 0 saturated heterocycles. The number of hydrogen-bond donors (Lipinski definition) is 2. The highest BCUT2D eigenvalue weighted by atomic mass is 32.2. The van der Waals surface area contributed by atoms with Crippen LogP contribution in [0.5, 0.6) is 0 Å². The van der Waals surface area contributed by atoms with Gasteiger partial charge in [0.05, 0.1) is 11.0 Å². The molecule has 0 radical (unpaired) electrons. The summed E-state index contributed by atoms with van der Waals surface area (Å²) in [7, 11) is -3.71. The molecule has 108 valence electrons. The molecule has 0 aliphatic rings. The summed E-state index contributed by atoms with van der Waals surface area (Å²) in [6.07, 6.45) is 2.54. The van der Waals surface area contributed by atoms with Gasteiger partial charge in [-0.3, -0.25) is 4.72 Å². The number of carbonyl (C=O) groups is 1. The highest BCUT2D eigenvalue weighted by Crippen LogP contribution is 2.09. The van der Waals surface area contributed by atoms with E-state index in [0.717, 1.165) is 17.2 Å². The zero-order valence-electron chi connectivity index (χ0n) is 10.8. The molecule has 6 nitrogen and oxygen atoms in total. The lowest BCUT2D eigenvalue weighted by Crippen LogP contribution is -2.10. The van der Waals surface area contributed by atoms with Gasteiger partial charge >= 0.3 is 5.97 Å². The van der Waals surface area contributed by atoms with Gasteiger partial charge in [0, 0.05) is 6.20 Å². The van der Waals surface area contributed by atoms with Gasteiger partial charge in [0.1, 0.15) is 5.82 Å². The van der Waals surface area contributed by atoms with Crippen LogP contribution in [0.4, 0.5) is 5.82 Å². The number of carboxylic acid groups (broad SMARTS) is 1. The first-order chi connectivity index (χ1) is 9.96. The molecule has 1 heterocycles. The number of benzene rings is 1. The van der Waals surface area contributed by atoms with Crippen molar-refractivity contribution in [1.29, 1.82) is 0 Å². The third-order valence-electron chi connectivity index (χ3n) is 2.50. The Morgan fingerprint density at radius 2 is 1.86 bits per heavy atom. The van der Waals surface area contributed by atoms with E-state index < -0.39 is 16.0 Å². The van der Waals surface area contributed by atoms with E-state index in [-0.39, 0.29) is 11.4 Å². The lowest BCUT2D eigenvalue weighted by atomic mass is 10.2. The van der Waals surface area contributed by atoms with E-state index >= 15 is 0 Å². The molecule has 2 N–H and O–H groups in total. The highest BCUT2D eigenvalue weighted by molar-refractivity contribution is 7.95. The van der Waals surface area contributed by atoms with Crippen molar-refractivity contribution in [2.75, 3.05) is 4.72 Å². The highest BCUT2D eigenvalue weighted by Gasteiger charge is 2.08. The summed E-state index contributed by atoms with van der Waals surface area (Å²) in [4.78, 5) is 14.4. The second-order valence-electron chi connectivity index (χ2n) is 4.10. The number of rotatable bonds is 5. The van der Waals surface area contributed by atoms with E-state index in [9.17, 15) is 13.2 Å². The van der Waals surface area contributed by atoms with Crippen LogP contribution in [-0.4, -0.2) is 24.5 Å². The minimum atomic E-state index is -3.71. The Bertz CT molecular complexity index is 753. The van der Waals surface area contributed by atoms with E-state index in [1.165, 1.54) is 18.2 Å². The quantitative estimate of drug-likeness (QED) is 0.882. The molecule has 1 aromatic heterocycles. The largest absolute Gasteiger partial charge is 0.478 e. The Labute approximate surface area is 121 Å². The Hall–Kier alpha value is -2.67. The monoisotopic (exact) mass is 304 g/mol. The van der Waals surface area contributed by atoms with E-state index in [1.807, 2.05) is 6.07 Å². The van der Waals surface area contributed by atoms with Gasteiger partial charge in [-0.05, 0) is 23.8 Å². The molecule has 7 heteroatoms. The number of hydrogen-bond acceptors (Lipinski definition) is 4. The maximum Gasteiger partial charge on any atom is 0.337 e. The van der Waals surface area contributed by atoms with Crippen LogP contribution in [0.25, 0.3) is 6.08 Å². The first-order valence-corrected chi connectivity index (χ1v) is 7.46. The fourth-order valence-corrected chi connectivity index (χ4v) is 2.31. The SMILES string of the molecule is O=C(O)c1ccc(NS(=O)(=O)/C=C/c2ccccc2)nc1. The first kappa shape index (κ1) is 14.7. The van der Waals surface area contributed by atoms with Gasteiger partial charge < -0.3 is 5.11 Å². The van der Waals surface area contributed by atoms with E-state index in [4.69, 9.17) is 5.11 Å².